The molecule has 0 aliphatic heterocycles. The first kappa shape index (κ1) is 22.0. The van der Waals surface area contributed by atoms with Gasteiger partial charge in [-0.25, -0.2) is 0 Å². The summed E-state index contributed by atoms with van der Waals surface area (Å²) >= 11 is 1.43. The lowest BCUT2D eigenvalue weighted by molar-refractivity contribution is -0.123. The number of benzene rings is 1. The second kappa shape index (κ2) is 9.96. The number of anilines is 1. The molecule has 1 unspecified atom stereocenters. The predicted molar refractivity (Wildman–Crippen MR) is 124 cm³/mol. The van der Waals surface area contributed by atoms with Gasteiger partial charge in [0.15, 0.2) is 17.6 Å². The molecule has 32 heavy (non-hydrogen) atoms. The van der Waals surface area contributed by atoms with Crippen molar-refractivity contribution in [2.24, 2.45) is 0 Å². The highest BCUT2D eigenvalue weighted by Gasteiger charge is 2.36. The van der Waals surface area contributed by atoms with Crippen LogP contribution in [0.25, 0.3) is 0 Å². The monoisotopic (exact) mass is 450 g/mol. The van der Waals surface area contributed by atoms with Crippen LogP contribution in [0.5, 0.6) is 0 Å². The van der Waals surface area contributed by atoms with E-state index in [0.717, 1.165) is 30.6 Å². The average Bonchev–Trinajstić information content (AvgIpc) is 3.52. The molecule has 1 N–H and O–H groups in total. The number of hydrogen-bond donors (Lipinski definition) is 1. The molecule has 2 heterocycles. The average molecular weight is 451 g/mol. The van der Waals surface area contributed by atoms with Crippen molar-refractivity contribution in [2.75, 3.05) is 4.90 Å². The first-order valence-electron chi connectivity index (χ1n) is 10.9. The Hall–Kier alpha value is -3.19. The second-order valence-electron chi connectivity index (χ2n) is 8.02. The van der Waals surface area contributed by atoms with Gasteiger partial charge in [-0.05, 0) is 67.6 Å². The third-order valence-electron chi connectivity index (χ3n) is 5.77. The second-order valence-corrected chi connectivity index (χ2v) is 9.00. The Bertz CT molecular complexity index is 1050. The maximum absolute atomic E-state index is 13.6. The van der Waals surface area contributed by atoms with Crippen LogP contribution < -0.4 is 10.2 Å². The summed E-state index contributed by atoms with van der Waals surface area (Å²) in [7, 11) is 0. The van der Waals surface area contributed by atoms with E-state index < -0.39 is 11.9 Å². The van der Waals surface area contributed by atoms with E-state index in [1.165, 1.54) is 35.8 Å². The molecule has 6 nitrogen and oxygen atoms in total. The number of carbonyl (C=O) groups excluding carboxylic acids is 3. The molecule has 3 aromatic rings. The molecule has 0 radical (unpaired) electrons. The molecule has 2 aromatic heterocycles. The van der Waals surface area contributed by atoms with E-state index in [1.807, 2.05) is 17.5 Å². The molecule has 1 saturated carbocycles. The molecule has 0 bridgehead atoms. The normalized spacial score (nSPS) is 15.2. The van der Waals surface area contributed by atoms with Gasteiger partial charge in [-0.1, -0.05) is 25.3 Å². The van der Waals surface area contributed by atoms with Gasteiger partial charge in [0.05, 0.1) is 6.26 Å². The Kier molecular flexibility index (Phi) is 6.85. The van der Waals surface area contributed by atoms with Crippen molar-refractivity contribution in [3.63, 3.8) is 0 Å². The molecule has 0 saturated heterocycles. The topological polar surface area (TPSA) is 79.6 Å². The van der Waals surface area contributed by atoms with Crippen LogP contribution in [-0.2, 0) is 4.79 Å². The summed E-state index contributed by atoms with van der Waals surface area (Å²) < 4.78 is 5.38. The zero-order chi connectivity index (χ0) is 22.5. The molecular weight excluding hydrogens is 424 g/mol. The van der Waals surface area contributed by atoms with Gasteiger partial charge in [0.25, 0.3) is 5.91 Å². The number of hydrogen-bond acceptors (Lipinski definition) is 5. The number of ketones is 1. The van der Waals surface area contributed by atoms with Crippen LogP contribution in [0.2, 0.25) is 0 Å². The number of Topliss-reactive ketones (excluding diaryl/α,β-unsaturated/α-hetero) is 1. The first-order valence-corrected chi connectivity index (χ1v) is 11.7. The summed E-state index contributed by atoms with van der Waals surface area (Å²) in [6.07, 6.45) is 6.70. The molecule has 1 aliphatic rings. The number of thiophene rings is 1. The quantitative estimate of drug-likeness (QED) is 0.490. The van der Waals surface area contributed by atoms with Gasteiger partial charge in [-0.2, -0.15) is 0 Å². The molecule has 1 fully saturated rings. The molecule has 0 spiro atoms. The summed E-state index contributed by atoms with van der Waals surface area (Å²) in [5, 5.41) is 5.07. The lowest BCUT2D eigenvalue weighted by atomic mass is 9.95. The Morgan fingerprint density at radius 1 is 1.03 bits per heavy atom. The van der Waals surface area contributed by atoms with Crippen molar-refractivity contribution < 1.29 is 18.8 Å². The van der Waals surface area contributed by atoms with Crippen molar-refractivity contribution >= 4 is 34.6 Å². The van der Waals surface area contributed by atoms with Crippen molar-refractivity contribution in [1.29, 1.82) is 0 Å². The van der Waals surface area contributed by atoms with Gasteiger partial charge < -0.3 is 9.73 Å². The molecule has 1 aliphatic carbocycles. The zero-order valence-corrected chi connectivity index (χ0v) is 18.8. The Morgan fingerprint density at radius 2 is 1.78 bits per heavy atom. The van der Waals surface area contributed by atoms with Crippen molar-refractivity contribution in [3.05, 3.63) is 76.4 Å². The molecule has 4 rings (SSSR count). The molecular formula is C25H26N2O4S. The first-order chi connectivity index (χ1) is 15.5. The highest BCUT2D eigenvalue weighted by molar-refractivity contribution is 7.10. The van der Waals surface area contributed by atoms with Crippen LogP contribution in [0.4, 0.5) is 5.69 Å². The van der Waals surface area contributed by atoms with E-state index in [0.29, 0.717) is 11.3 Å². The van der Waals surface area contributed by atoms with Gasteiger partial charge in [-0.15, -0.1) is 11.3 Å². The van der Waals surface area contributed by atoms with E-state index in [1.54, 1.807) is 36.4 Å². The predicted octanol–water partition coefficient (Wildman–Crippen LogP) is 5.38. The highest BCUT2D eigenvalue weighted by Crippen LogP contribution is 2.33. The van der Waals surface area contributed by atoms with Gasteiger partial charge in [0, 0.05) is 22.2 Å². The SMILES string of the molecule is CC(=O)c1ccc(N(C(=O)c2ccco2)C(C(=O)NC2CCCCC2)c2cccs2)cc1. The van der Waals surface area contributed by atoms with Crippen molar-refractivity contribution in [2.45, 2.75) is 51.1 Å². The van der Waals surface area contributed by atoms with Gasteiger partial charge in [0.1, 0.15) is 0 Å². The van der Waals surface area contributed by atoms with E-state index >= 15 is 0 Å². The number of rotatable bonds is 7. The van der Waals surface area contributed by atoms with Gasteiger partial charge in [-0.3, -0.25) is 19.3 Å². The summed E-state index contributed by atoms with van der Waals surface area (Å²) in [5.74, 6) is -0.546. The Morgan fingerprint density at radius 3 is 2.38 bits per heavy atom. The largest absolute Gasteiger partial charge is 0.459 e. The van der Waals surface area contributed by atoms with Crippen molar-refractivity contribution in [3.8, 4) is 0 Å². The minimum Gasteiger partial charge on any atom is -0.459 e. The summed E-state index contributed by atoms with van der Waals surface area (Å²) in [6, 6.07) is 13.0. The Balaban J connectivity index is 1.74. The van der Waals surface area contributed by atoms with E-state index in [9.17, 15) is 14.4 Å². The van der Waals surface area contributed by atoms with E-state index in [-0.39, 0.29) is 23.5 Å². The fourth-order valence-electron chi connectivity index (χ4n) is 4.11. The van der Waals surface area contributed by atoms with Crippen LogP contribution in [-0.4, -0.2) is 23.6 Å². The standard InChI is InChI=1S/C25H26N2O4S/c1-17(28)18-11-13-20(14-12-18)27(25(30)21-9-5-15-31-21)23(22-10-6-16-32-22)24(29)26-19-7-3-2-4-8-19/h5-6,9-16,19,23H,2-4,7-8H2,1H3,(H,26,29). The van der Waals surface area contributed by atoms with Gasteiger partial charge >= 0.3 is 0 Å². The summed E-state index contributed by atoms with van der Waals surface area (Å²) in [4.78, 5) is 41.1. The fraction of sp³-hybridized carbons (Fsp3) is 0.320. The van der Waals surface area contributed by atoms with Crippen LogP contribution in [0.15, 0.2) is 64.6 Å². The number of carbonyl (C=O) groups is 3. The molecule has 1 aromatic carbocycles. The maximum atomic E-state index is 13.6. The number of amides is 2. The number of nitrogens with one attached hydrogen (secondary N) is 1. The van der Waals surface area contributed by atoms with E-state index in [4.69, 9.17) is 4.42 Å². The number of furan rings is 1. The van der Waals surface area contributed by atoms with Gasteiger partial charge in [0.2, 0.25) is 5.91 Å². The maximum Gasteiger partial charge on any atom is 0.295 e. The molecule has 2 amide bonds. The zero-order valence-electron chi connectivity index (χ0n) is 18.0. The highest BCUT2D eigenvalue weighted by atomic mass is 32.1. The Labute approximate surface area is 191 Å². The summed E-state index contributed by atoms with van der Waals surface area (Å²) in [6.45, 7) is 1.49. The lowest BCUT2D eigenvalue weighted by Crippen LogP contribution is -2.47. The third kappa shape index (κ3) is 4.83. The van der Waals surface area contributed by atoms with Crippen LogP contribution in [0.1, 0.15) is 70.9 Å². The lowest BCUT2D eigenvalue weighted by Gasteiger charge is -2.32. The molecule has 1 atom stereocenters. The van der Waals surface area contributed by atoms with Crippen LogP contribution in [0.3, 0.4) is 0 Å². The van der Waals surface area contributed by atoms with Crippen LogP contribution >= 0.6 is 11.3 Å². The smallest absolute Gasteiger partial charge is 0.295 e. The third-order valence-corrected chi connectivity index (χ3v) is 6.70. The minimum atomic E-state index is -0.849. The minimum absolute atomic E-state index is 0.0645. The molecule has 7 heteroatoms. The van der Waals surface area contributed by atoms with Crippen molar-refractivity contribution in [1.82, 2.24) is 5.32 Å². The van der Waals surface area contributed by atoms with E-state index in [2.05, 4.69) is 5.32 Å². The number of nitrogens with zero attached hydrogens (tertiary/aromatic N) is 1. The fourth-order valence-corrected chi connectivity index (χ4v) is 4.92. The molecule has 166 valence electrons. The van der Waals surface area contributed by atoms with Crippen LogP contribution in [0, 0.1) is 0 Å². The summed E-state index contributed by atoms with van der Waals surface area (Å²) in [5.41, 5.74) is 1.06.